The van der Waals surface area contributed by atoms with Crippen molar-refractivity contribution in [3.63, 3.8) is 0 Å². The molecule has 3 heterocycles. The average molecular weight is 355 g/mol. The van der Waals surface area contributed by atoms with Gasteiger partial charge in [-0.05, 0) is 61.4 Å². The van der Waals surface area contributed by atoms with Gasteiger partial charge in [0.1, 0.15) is 0 Å². The van der Waals surface area contributed by atoms with Gasteiger partial charge in [0, 0.05) is 51.0 Å². The largest absolute Gasteiger partial charge is 0.353 e. The number of aromatic nitrogens is 2. The van der Waals surface area contributed by atoms with Crippen molar-refractivity contribution in [3.05, 3.63) is 60.2 Å². The maximum atomic E-state index is 5.88. The molecule has 140 valence electrons. The van der Waals surface area contributed by atoms with Gasteiger partial charge in [-0.3, -0.25) is 14.9 Å². The fraction of sp³-hybridized carbons (Fsp3) is 0.524. The number of ether oxygens (including phenoxy) is 2. The van der Waals surface area contributed by atoms with E-state index in [-0.39, 0.29) is 6.29 Å². The minimum atomic E-state index is 0.00721. The van der Waals surface area contributed by atoms with E-state index >= 15 is 0 Å². The van der Waals surface area contributed by atoms with Crippen LogP contribution in [0.3, 0.4) is 0 Å². The molecular formula is C21H29N3O2. The molecule has 0 N–H and O–H groups in total. The van der Waals surface area contributed by atoms with Crippen molar-refractivity contribution < 1.29 is 9.47 Å². The molecule has 3 rings (SSSR count). The van der Waals surface area contributed by atoms with Crippen LogP contribution in [0.1, 0.15) is 36.8 Å². The van der Waals surface area contributed by atoms with E-state index in [1.54, 1.807) is 0 Å². The summed E-state index contributed by atoms with van der Waals surface area (Å²) in [6.45, 7) is 4.54. The molecule has 5 nitrogen and oxygen atoms in total. The maximum absolute atomic E-state index is 5.88. The zero-order valence-electron chi connectivity index (χ0n) is 15.4. The van der Waals surface area contributed by atoms with Crippen LogP contribution in [0, 0.1) is 0 Å². The van der Waals surface area contributed by atoms with E-state index in [2.05, 4.69) is 33.1 Å². The molecule has 2 aromatic heterocycles. The van der Waals surface area contributed by atoms with Crippen LogP contribution in [0.25, 0.3) is 0 Å². The molecule has 0 spiro atoms. The number of rotatable bonds is 10. The molecule has 1 atom stereocenters. The van der Waals surface area contributed by atoms with Crippen molar-refractivity contribution in [3.8, 4) is 0 Å². The van der Waals surface area contributed by atoms with E-state index in [1.807, 2.05) is 30.9 Å². The Bertz CT molecular complexity index is 603. The summed E-state index contributed by atoms with van der Waals surface area (Å²) < 4.78 is 11.5. The quantitative estimate of drug-likeness (QED) is 0.611. The van der Waals surface area contributed by atoms with Crippen molar-refractivity contribution >= 4 is 0 Å². The van der Waals surface area contributed by atoms with Gasteiger partial charge in [-0.2, -0.15) is 0 Å². The smallest absolute Gasteiger partial charge is 0.157 e. The molecule has 0 aliphatic carbocycles. The van der Waals surface area contributed by atoms with Crippen molar-refractivity contribution in [1.29, 1.82) is 0 Å². The van der Waals surface area contributed by atoms with Crippen LogP contribution in [0.15, 0.2) is 49.1 Å². The Balaban J connectivity index is 1.45. The Morgan fingerprint density at radius 2 is 1.96 bits per heavy atom. The second-order valence-corrected chi connectivity index (χ2v) is 6.76. The fourth-order valence-electron chi connectivity index (χ4n) is 3.20. The van der Waals surface area contributed by atoms with E-state index in [0.717, 1.165) is 58.5 Å². The first-order valence-corrected chi connectivity index (χ1v) is 9.63. The second-order valence-electron chi connectivity index (χ2n) is 6.76. The van der Waals surface area contributed by atoms with Gasteiger partial charge in [-0.1, -0.05) is 6.07 Å². The summed E-state index contributed by atoms with van der Waals surface area (Å²) in [5.74, 6) is 0. The lowest BCUT2D eigenvalue weighted by Gasteiger charge is -2.25. The summed E-state index contributed by atoms with van der Waals surface area (Å²) in [5, 5.41) is 0. The first-order valence-electron chi connectivity index (χ1n) is 9.63. The molecule has 2 aromatic rings. The van der Waals surface area contributed by atoms with Crippen LogP contribution in [0.2, 0.25) is 0 Å². The van der Waals surface area contributed by atoms with Crippen molar-refractivity contribution in [2.24, 2.45) is 0 Å². The Labute approximate surface area is 156 Å². The molecule has 0 aromatic carbocycles. The summed E-state index contributed by atoms with van der Waals surface area (Å²) in [5.41, 5.74) is 2.57. The standard InChI is InChI=1S/C21H29N3O2/c1-2-15-25-21(6-1)26-16-4-13-24(18-20-7-11-22-12-8-20)14-9-19-5-3-10-23-17-19/h3,5,7-8,10-12,17,21H,1-2,4,6,9,13-16,18H2/t21-/m1/s1. The monoisotopic (exact) mass is 355 g/mol. The molecule has 1 fully saturated rings. The van der Waals surface area contributed by atoms with Gasteiger partial charge in [-0.15, -0.1) is 0 Å². The first kappa shape index (κ1) is 19.0. The van der Waals surface area contributed by atoms with E-state index < -0.39 is 0 Å². The van der Waals surface area contributed by atoms with Crippen molar-refractivity contribution in [2.75, 3.05) is 26.3 Å². The van der Waals surface area contributed by atoms with Gasteiger partial charge in [0.25, 0.3) is 0 Å². The van der Waals surface area contributed by atoms with Crippen LogP contribution < -0.4 is 0 Å². The lowest BCUT2D eigenvalue weighted by Crippen LogP contribution is -2.29. The van der Waals surface area contributed by atoms with Crippen LogP contribution >= 0.6 is 0 Å². The summed E-state index contributed by atoms with van der Waals surface area (Å²) >= 11 is 0. The Morgan fingerprint density at radius 1 is 1.04 bits per heavy atom. The highest BCUT2D eigenvalue weighted by Gasteiger charge is 2.14. The third kappa shape index (κ3) is 6.83. The van der Waals surface area contributed by atoms with Gasteiger partial charge in [0.05, 0.1) is 6.61 Å². The van der Waals surface area contributed by atoms with E-state index in [0.29, 0.717) is 0 Å². The van der Waals surface area contributed by atoms with Crippen LogP contribution in [-0.2, 0) is 22.4 Å². The van der Waals surface area contributed by atoms with Crippen LogP contribution in [0.4, 0.5) is 0 Å². The fourth-order valence-corrected chi connectivity index (χ4v) is 3.20. The van der Waals surface area contributed by atoms with E-state index in [1.165, 1.54) is 17.5 Å². The summed E-state index contributed by atoms with van der Waals surface area (Å²) in [4.78, 5) is 10.8. The predicted octanol–water partition coefficient (Wildman–Crippen LogP) is 3.45. The molecule has 0 bridgehead atoms. The van der Waals surface area contributed by atoms with Crippen LogP contribution in [0.5, 0.6) is 0 Å². The molecule has 1 aliphatic heterocycles. The molecule has 0 amide bonds. The SMILES string of the molecule is c1cncc(CCN(CCCO[C@@H]2CCCCO2)Cc2ccncc2)c1. The predicted molar refractivity (Wildman–Crippen MR) is 102 cm³/mol. The van der Waals surface area contributed by atoms with Gasteiger partial charge < -0.3 is 9.47 Å². The van der Waals surface area contributed by atoms with Crippen molar-refractivity contribution in [1.82, 2.24) is 14.9 Å². The highest BCUT2D eigenvalue weighted by Crippen LogP contribution is 2.14. The normalized spacial score (nSPS) is 17.5. The minimum Gasteiger partial charge on any atom is -0.353 e. The van der Waals surface area contributed by atoms with E-state index in [9.17, 15) is 0 Å². The van der Waals surface area contributed by atoms with E-state index in [4.69, 9.17) is 9.47 Å². The van der Waals surface area contributed by atoms with Gasteiger partial charge in [-0.25, -0.2) is 0 Å². The number of nitrogens with zero attached hydrogens (tertiary/aromatic N) is 3. The average Bonchev–Trinajstić information content (AvgIpc) is 2.71. The summed E-state index contributed by atoms with van der Waals surface area (Å²) in [6, 6.07) is 8.31. The molecule has 0 radical (unpaired) electrons. The third-order valence-corrected chi connectivity index (χ3v) is 4.66. The van der Waals surface area contributed by atoms with Gasteiger partial charge in [0.15, 0.2) is 6.29 Å². The van der Waals surface area contributed by atoms with Crippen LogP contribution in [-0.4, -0.2) is 47.5 Å². The molecule has 5 heteroatoms. The molecular weight excluding hydrogens is 326 g/mol. The van der Waals surface area contributed by atoms with Crippen molar-refractivity contribution in [2.45, 2.75) is 44.9 Å². The molecule has 0 unspecified atom stereocenters. The van der Waals surface area contributed by atoms with Gasteiger partial charge >= 0.3 is 0 Å². The molecule has 1 aliphatic rings. The lowest BCUT2D eigenvalue weighted by atomic mass is 10.2. The molecule has 1 saturated heterocycles. The Morgan fingerprint density at radius 3 is 2.73 bits per heavy atom. The zero-order chi connectivity index (χ0) is 17.9. The topological polar surface area (TPSA) is 47.5 Å². The van der Waals surface area contributed by atoms with Gasteiger partial charge in [0.2, 0.25) is 0 Å². The second kappa shape index (κ2) is 11.0. The molecule has 26 heavy (non-hydrogen) atoms. The lowest BCUT2D eigenvalue weighted by molar-refractivity contribution is -0.163. The Hall–Kier alpha value is -1.82. The highest BCUT2D eigenvalue weighted by molar-refractivity contribution is 5.11. The summed E-state index contributed by atoms with van der Waals surface area (Å²) in [7, 11) is 0. The highest BCUT2D eigenvalue weighted by atomic mass is 16.7. The number of hydrogen-bond acceptors (Lipinski definition) is 5. The summed E-state index contributed by atoms with van der Waals surface area (Å²) in [6.07, 6.45) is 12.9. The maximum Gasteiger partial charge on any atom is 0.157 e. The Kier molecular flexibility index (Phi) is 8.03. The minimum absolute atomic E-state index is 0.00721. The first-order chi connectivity index (χ1) is 12.9. The zero-order valence-corrected chi connectivity index (χ0v) is 15.4. The number of pyridine rings is 2. The third-order valence-electron chi connectivity index (χ3n) is 4.66. The number of hydrogen-bond donors (Lipinski definition) is 0. The molecule has 0 saturated carbocycles.